The van der Waals surface area contributed by atoms with Crippen molar-refractivity contribution in [2.75, 3.05) is 18.5 Å². The molecule has 2 rings (SSSR count). The molecule has 0 fully saturated rings. The van der Waals surface area contributed by atoms with E-state index < -0.39 is 11.9 Å². The van der Waals surface area contributed by atoms with Crippen molar-refractivity contribution in [3.63, 3.8) is 0 Å². The van der Waals surface area contributed by atoms with Gasteiger partial charge in [0.25, 0.3) is 0 Å². The van der Waals surface area contributed by atoms with Gasteiger partial charge in [-0.05, 0) is 18.1 Å². The Balaban J connectivity index is 2.25. The van der Waals surface area contributed by atoms with Crippen molar-refractivity contribution in [1.82, 2.24) is 0 Å². The zero-order valence-corrected chi connectivity index (χ0v) is 9.98. The second kappa shape index (κ2) is 4.35. The van der Waals surface area contributed by atoms with E-state index in [-0.39, 0.29) is 11.7 Å². The molecule has 2 atom stereocenters. The Bertz CT molecular complexity index is 447. The zero-order valence-electron chi connectivity index (χ0n) is 9.98. The number of likely N-dealkylation sites (N-methyl/N-ethyl adjacent to an activating group) is 1. The molecule has 1 heterocycles. The fourth-order valence-corrected chi connectivity index (χ4v) is 2.51. The zero-order chi connectivity index (χ0) is 12.6. The molecule has 1 N–H and O–H groups in total. The Morgan fingerprint density at radius 3 is 3.00 bits per heavy atom. The number of benzene rings is 1. The lowest BCUT2D eigenvalue weighted by molar-refractivity contribution is -0.141. The molecule has 1 aliphatic rings. The first-order valence-corrected chi connectivity index (χ1v) is 5.73. The third-order valence-electron chi connectivity index (χ3n) is 3.39. The summed E-state index contributed by atoms with van der Waals surface area (Å²) in [5.74, 6) is -1.31. The van der Waals surface area contributed by atoms with Crippen molar-refractivity contribution in [2.24, 2.45) is 5.92 Å². The molecule has 0 saturated carbocycles. The van der Waals surface area contributed by atoms with Crippen molar-refractivity contribution in [3.8, 4) is 0 Å². The predicted octanol–water partition coefficient (Wildman–Crippen LogP) is 2.47. The maximum absolute atomic E-state index is 13.7. The lowest BCUT2D eigenvalue weighted by Gasteiger charge is -2.14. The first-order chi connectivity index (χ1) is 8.00. The van der Waals surface area contributed by atoms with Gasteiger partial charge in [-0.15, -0.1) is 0 Å². The Morgan fingerprint density at radius 2 is 2.35 bits per heavy atom. The average Bonchev–Trinajstić information content (AvgIpc) is 2.57. The molecule has 0 spiro atoms. The van der Waals surface area contributed by atoms with Gasteiger partial charge in [0.05, 0.1) is 11.6 Å². The SMILES string of the molecule is CC(CC1CN(C)c2c(F)cccc21)C(=O)O. The standard InChI is InChI=1S/C13H16FNO2/c1-8(13(16)17)6-9-7-15(2)12-10(9)4-3-5-11(12)14/h3-5,8-9H,6-7H2,1-2H3,(H,16,17). The predicted molar refractivity (Wildman–Crippen MR) is 63.8 cm³/mol. The Hall–Kier alpha value is -1.58. The van der Waals surface area contributed by atoms with Crippen LogP contribution in [0.3, 0.4) is 0 Å². The Kier molecular flexibility index (Phi) is 3.05. The maximum atomic E-state index is 13.7. The van der Waals surface area contributed by atoms with E-state index >= 15 is 0 Å². The highest BCUT2D eigenvalue weighted by Gasteiger charge is 2.31. The molecule has 2 unspecified atom stereocenters. The lowest BCUT2D eigenvalue weighted by Crippen LogP contribution is -2.19. The largest absolute Gasteiger partial charge is 0.481 e. The van der Waals surface area contributed by atoms with E-state index in [9.17, 15) is 9.18 Å². The summed E-state index contributed by atoms with van der Waals surface area (Å²) in [6.07, 6.45) is 0.552. The lowest BCUT2D eigenvalue weighted by atomic mass is 9.91. The number of fused-ring (bicyclic) bond motifs is 1. The molecule has 1 aliphatic heterocycles. The summed E-state index contributed by atoms with van der Waals surface area (Å²) in [5, 5.41) is 8.92. The topological polar surface area (TPSA) is 40.5 Å². The van der Waals surface area contributed by atoms with Crippen LogP contribution in [0.2, 0.25) is 0 Å². The average molecular weight is 237 g/mol. The number of rotatable bonds is 3. The summed E-state index contributed by atoms with van der Waals surface area (Å²) >= 11 is 0. The van der Waals surface area contributed by atoms with E-state index in [1.54, 1.807) is 13.0 Å². The minimum absolute atomic E-state index is 0.108. The van der Waals surface area contributed by atoms with Crippen molar-refractivity contribution in [1.29, 1.82) is 0 Å². The molecule has 92 valence electrons. The van der Waals surface area contributed by atoms with E-state index in [2.05, 4.69) is 0 Å². The molecule has 3 nitrogen and oxygen atoms in total. The summed E-state index contributed by atoms with van der Waals surface area (Å²) in [4.78, 5) is 12.7. The van der Waals surface area contributed by atoms with Crippen molar-refractivity contribution < 1.29 is 14.3 Å². The van der Waals surface area contributed by atoms with Crippen LogP contribution in [0.5, 0.6) is 0 Å². The number of carbonyl (C=O) groups is 1. The van der Waals surface area contributed by atoms with Gasteiger partial charge in [-0.1, -0.05) is 19.1 Å². The Morgan fingerprint density at radius 1 is 1.65 bits per heavy atom. The van der Waals surface area contributed by atoms with Crippen LogP contribution in [0.1, 0.15) is 24.8 Å². The van der Waals surface area contributed by atoms with E-state index in [0.29, 0.717) is 18.7 Å². The quantitative estimate of drug-likeness (QED) is 0.878. The summed E-state index contributed by atoms with van der Waals surface area (Å²) < 4.78 is 13.7. The number of nitrogens with zero attached hydrogens (tertiary/aromatic N) is 1. The molecule has 17 heavy (non-hydrogen) atoms. The van der Waals surface area contributed by atoms with Gasteiger partial charge in [-0.3, -0.25) is 4.79 Å². The molecule has 1 aromatic carbocycles. The summed E-state index contributed by atoms with van der Waals surface area (Å²) in [6.45, 7) is 2.38. The third-order valence-corrected chi connectivity index (χ3v) is 3.39. The Labute approximate surface area is 99.9 Å². The highest BCUT2D eigenvalue weighted by molar-refractivity contribution is 5.70. The number of hydrogen-bond acceptors (Lipinski definition) is 2. The normalized spacial score (nSPS) is 20.2. The van der Waals surface area contributed by atoms with Gasteiger partial charge in [-0.2, -0.15) is 0 Å². The smallest absolute Gasteiger partial charge is 0.306 e. The van der Waals surface area contributed by atoms with Crippen molar-refractivity contribution >= 4 is 11.7 Å². The van der Waals surface area contributed by atoms with Crippen LogP contribution in [0, 0.1) is 11.7 Å². The van der Waals surface area contributed by atoms with Gasteiger partial charge in [0.1, 0.15) is 5.82 Å². The molecule has 0 saturated heterocycles. The molecule has 0 aromatic heterocycles. The van der Waals surface area contributed by atoms with Crippen molar-refractivity contribution in [2.45, 2.75) is 19.3 Å². The number of carboxylic acids is 1. The molecular weight excluding hydrogens is 221 g/mol. The van der Waals surface area contributed by atoms with Crippen molar-refractivity contribution in [3.05, 3.63) is 29.6 Å². The number of aliphatic carboxylic acids is 1. The summed E-state index contributed by atoms with van der Waals surface area (Å²) in [6, 6.07) is 5.02. The fourth-order valence-electron chi connectivity index (χ4n) is 2.51. The van der Waals surface area contributed by atoms with Gasteiger partial charge >= 0.3 is 5.97 Å². The van der Waals surface area contributed by atoms with Crippen LogP contribution < -0.4 is 4.90 Å². The van der Waals surface area contributed by atoms with Crippen LogP contribution >= 0.6 is 0 Å². The first-order valence-electron chi connectivity index (χ1n) is 5.73. The molecule has 1 aromatic rings. The van der Waals surface area contributed by atoms with E-state index in [1.165, 1.54) is 6.07 Å². The van der Waals surface area contributed by atoms with Crippen LogP contribution in [0.25, 0.3) is 0 Å². The van der Waals surface area contributed by atoms with Crippen LogP contribution in [-0.2, 0) is 4.79 Å². The highest BCUT2D eigenvalue weighted by atomic mass is 19.1. The van der Waals surface area contributed by atoms with E-state index in [4.69, 9.17) is 5.11 Å². The van der Waals surface area contributed by atoms with E-state index in [0.717, 1.165) is 5.56 Å². The molecule has 0 amide bonds. The van der Waals surface area contributed by atoms with Gasteiger partial charge in [0.2, 0.25) is 0 Å². The number of hydrogen-bond donors (Lipinski definition) is 1. The van der Waals surface area contributed by atoms with Gasteiger partial charge < -0.3 is 10.0 Å². The van der Waals surface area contributed by atoms with Crippen LogP contribution in [-0.4, -0.2) is 24.7 Å². The monoisotopic (exact) mass is 237 g/mol. The van der Waals surface area contributed by atoms with E-state index in [1.807, 2.05) is 18.0 Å². The first kappa shape index (κ1) is 11.9. The fraction of sp³-hybridized carbons (Fsp3) is 0.462. The van der Waals surface area contributed by atoms with Crippen LogP contribution in [0.4, 0.5) is 10.1 Å². The van der Waals surface area contributed by atoms with Gasteiger partial charge in [0, 0.05) is 19.5 Å². The molecular formula is C13H16FNO2. The minimum atomic E-state index is -0.794. The second-order valence-electron chi connectivity index (χ2n) is 4.73. The molecule has 0 radical (unpaired) electrons. The maximum Gasteiger partial charge on any atom is 0.306 e. The van der Waals surface area contributed by atoms with Gasteiger partial charge in [0.15, 0.2) is 0 Å². The molecule has 0 bridgehead atoms. The van der Waals surface area contributed by atoms with Gasteiger partial charge in [-0.25, -0.2) is 4.39 Å². The molecule has 4 heteroatoms. The van der Waals surface area contributed by atoms with Crippen LogP contribution in [0.15, 0.2) is 18.2 Å². The minimum Gasteiger partial charge on any atom is -0.481 e. The number of para-hydroxylation sites is 1. The second-order valence-corrected chi connectivity index (χ2v) is 4.73. The number of halogens is 1. The molecule has 0 aliphatic carbocycles. The number of carboxylic acid groups (broad SMARTS) is 1. The summed E-state index contributed by atoms with van der Waals surface area (Å²) in [5.41, 5.74) is 1.55. The third kappa shape index (κ3) is 2.12. The number of anilines is 1. The highest BCUT2D eigenvalue weighted by Crippen LogP contribution is 2.40. The summed E-state index contributed by atoms with van der Waals surface area (Å²) in [7, 11) is 1.84.